The van der Waals surface area contributed by atoms with Crippen LogP contribution in [0.5, 0.6) is 5.75 Å². The van der Waals surface area contributed by atoms with Crippen LogP contribution in [0.25, 0.3) is 11.0 Å². The van der Waals surface area contributed by atoms with E-state index >= 15 is 0 Å². The maximum absolute atomic E-state index is 12.3. The highest BCUT2D eigenvalue weighted by molar-refractivity contribution is 5.76. The number of methoxy groups -OCH3 is 1. The van der Waals surface area contributed by atoms with Crippen molar-refractivity contribution in [1.29, 1.82) is 0 Å². The van der Waals surface area contributed by atoms with Crippen molar-refractivity contribution in [1.82, 2.24) is 24.6 Å². The molecule has 130 valence electrons. The molecule has 0 spiro atoms. The van der Waals surface area contributed by atoms with Gasteiger partial charge in [-0.1, -0.05) is 18.2 Å². The van der Waals surface area contributed by atoms with Crippen LogP contribution in [-0.2, 0) is 24.9 Å². The summed E-state index contributed by atoms with van der Waals surface area (Å²) in [5.41, 5.74) is 1.23. The van der Waals surface area contributed by atoms with Gasteiger partial charge in [-0.25, -0.2) is 4.98 Å². The van der Waals surface area contributed by atoms with E-state index < -0.39 is 0 Å². The summed E-state index contributed by atoms with van der Waals surface area (Å²) in [5.74, 6) is 0.578. The van der Waals surface area contributed by atoms with Gasteiger partial charge in [0.25, 0.3) is 5.56 Å². The highest BCUT2D eigenvalue weighted by atomic mass is 16.5. The lowest BCUT2D eigenvalue weighted by Crippen LogP contribution is -2.27. The molecule has 2 heterocycles. The van der Waals surface area contributed by atoms with E-state index in [9.17, 15) is 9.59 Å². The van der Waals surface area contributed by atoms with Crippen LogP contribution in [0.4, 0.5) is 0 Å². The van der Waals surface area contributed by atoms with Gasteiger partial charge >= 0.3 is 0 Å². The van der Waals surface area contributed by atoms with Crippen molar-refractivity contribution in [2.45, 2.75) is 19.5 Å². The Kier molecular flexibility index (Phi) is 4.78. The molecule has 0 unspecified atom stereocenters. The molecule has 0 aliphatic rings. The van der Waals surface area contributed by atoms with Crippen LogP contribution in [0.3, 0.4) is 0 Å². The molecule has 3 aromatic rings. The zero-order valence-electron chi connectivity index (χ0n) is 14.1. The number of fused-ring (bicyclic) bond motifs is 1. The molecule has 0 fully saturated rings. The van der Waals surface area contributed by atoms with Gasteiger partial charge in [0, 0.05) is 32.1 Å². The zero-order valence-corrected chi connectivity index (χ0v) is 14.1. The Morgan fingerprint density at radius 1 is 1.32 bits per heavy atom. The number of amides is 1. The Hall–Kier alpha value is -3.16. The molecule has 8 nitrogen and oxygen atoms in total. The molecule has 25 heavy (non-hydrogen) atoms. The third-order valence-electron chi connectivity index (χ3n) is 3.97. The molecule has 0 atom stereocenters. The maximum Gasteiger partial charge on any atom is 0.264 e. The van der Waals surface area contributed by atoms with Crippen molar-refractivity contribution in [3.63, 3.8) is 0 Å². The van der Waals surface area contributed by atoms with Gasteiger partial charge in [0.15, 0.2) is 5.65 Å². The summed E-state index contributed by atoms with van der Waals surface area (Å²) >= 11 is 0. The smallest absolute Gasteiger partial charge is 0.264 e. The maximum atomic E-state index is 12.3. The van der Waals surface area contributed by atoms with E-state index in [1.165, 1.54) is 17.1 Å². The second-order valence-electron chi connectivity index (χ2n) is 5.59. The summed E-state index contributed by atoms with van der Waals surface area (Å²) in [4.78, 5) is 28.6. The van der Waals surface area contributed by atoms with E-state index in [2.05, 4.69) is 15.4 Å². The predicted octanol–water partition coefficient (Wildman–Crippen LogP) is 0.845. The number of aromatic nitrogens is 4. The average molecular weight is 341 g/mol. The van der Waals surface area contributed by atoms with E-state index in [4.69, 9.17) is 4.74 Å². The first kappa shape index (κ1) is 16.7. The Balaban J connectivity index is 1.61. The van der Waals surface area contributed by atoms with Gasteiger partial charge in [-0.05, 0) is 6.07 Å². The number of carbonyl (C=O) groups excluding carboxylic acids is 1. The van der Waals surface area contributed by atoms with Crippen molar-refractivity contribution in [3.05, 3.63) is 52.7 Å². The molecule has 1 N–H and O–H groups in total. The molecule has 0 saturated carbocycles. The van der Waals surface area contributed by atoms with Crippen LogP contribution < -0.4 is 15.6 Å². The molecular formula is C17H19N5O3. The van der Waals surface area contributed by atoms with Crippen LogP contribution in [0.2, 0.25) is 0 Å². The normalized spacial score (nSPS) is 10.8. The first-order chi connectivity index (χ1) is 12.1. The zero-order chi connectivity index (χ0) is 17.8. The summed E-state index contributed by atoms with van der Waals surface area (Å²) in [6.45, 7) is 0.631. The monoisotopic (exact) mass is 341 g/mol. The summed E-state index contributed by atoms with van der Waals surface area (Å²) in [6.07, 6.45) is 3.12. The topological polar surface area (TPSA) is 91.0 Å². The fraction of sp³-hybridized carbons (Fsp3) is 0.294. The van der Waals surface area contributed by atoms with Gasteiger partial charge in [-0.2, -0.15) is 5.10 Å². The molecule has 3 rings (SSSR count). The Morgan fingerprint density at radius 3 is 2.92 bits per heavy atom. The summed E-state index contributed by atoms with van der Waals surface area (Å²) in [7, 11) is 3.32. The van der Waals surface area contributed by atoms with Crippen LogP contribution in [0.1, 0.15) is 12.0 Å². The average Bonchev–Trinajstić information content (AvgIpc) is 3.01. The quantitative estimate of drug-likeness (QED) is 0.718. The Bertz CT molecular complexity index is 960. The van der Waals surface area contributed by atoms with Gasteiger partial charge in [0.2, 0.25) is 5.91 Å². The molecule has 2 aromatic heterocycles. The largest absolute Gasteiger partial charge is 0.496 e. The van der Waals surface area contributed by atoms with E-state index in [1.807, 2.05) is 24.3 Å². The highest BCUT2D eigenvalue weighted by Gasteiger charge is 2.10. The minimum absolute atomic E-state index is 0.149. The second-order valence-corrected chi connectivity index (χ2v) is 5.59. The number of hydrogen-bond acceptors (Lipinski definition) is 5. The molecule has 8 heteroatoms. The Labute approximate surface area is 144 Å². The van der Waals surface area contributed by atoms with Gasteiger partial charge in [-0.15, -0.1) is 0 Å². The van der Waals surface area contributed by atoms with Crippen molar-refractivity contribution in [2.24, 2.45) is 7.05 Å². The van der Waals surface area contributed by atoms with Crippen LogP contribution in [0.15, 0.2) is 41.6 Å². The predicted molar refractivity (Wildman–Crippen MR) is 92.2 cm³/mol. The molecule has 0 bridgehead atoms. The third kappa shape index (κ3) is 3.52. The van der Waals surface area contributed by atoms with E-state index in [0.29, 0.717) is 17.6 Å². The molecule has 0 radical (unpaired) electrons. The number of benzene rings is 1. The molecular weight excluding hydrogens is 322 g/mol. The number of nitrogens with zero attached hydrogens (tertiary/aromatic N) is 4. The fourth-order valence-corrected chi connectivity index (χ4v) is 2.58. The van der Waals surface area contributed by atoms with E-state index in [-0.39, 0.29) is 24.4 Å². The lowest BCUT2D eigenvalue weighted by atomic mass is 10.2. The van der Waals surface area contributed by atoms with Gasteiger partial charge < -0.3 is 10.1 Å². The minimum Gasteiger partial charge on any atom is -0.496 e. The number of para-hydroxylation sites is 1. The third-order valence-corrected chi connectivity index (χ3v) is 3.97. The summed E-state index contributed by atoms with van der Waals surface area (Å²) in [5, 5.41) is 7.30. The van der Waals surface area contributed by atoms with E-state index in [0.717, 1.165) is 11.3 Å². The summed E-state index contributed by atoms with van der Waals surface area (Å²) < 4.78 is 8.22. The molecule has 0 saturated heterocycles. The lowest BCUT2D eigenvalue weighted by molar-refractivity contribution is -0.121. The highest BCUT2D eigenvalue weighted by Crippen LogP contribution is 2.16. The van der Waals surface area contributed by atoms with Crippen molar-refractivity contribution < 1.29 is 9.53 Å². The number of carbonyl (C=O) groups is 1. The first-order valence-electron chi connectivity index (χ1n) is 7.86. The molecule has 0 aliphatic heterocycles. The van der Waals surface area contributed by atoms with Crippen LogP contribution >= 0.6 is 0 Å². The standard InChI is InChI=1S/C17H19N5O3/c1-21-16-13(10-20-21)17(24)22(11-19-16)8-7-15(23)18-9-12-5-3-4-6-14(12)25-2/h3-6,10-11H,7-9H2,1-2H3,(H,18,23). The van der Waals surface area contributed by atoms with Crippen LogP contribution in [0, 0.1) is 0 Å². The lowest BCUT2D eigenvalue weighted by Gasteiger charge is -2.10. The van der Waals surface area contributed by atoms with Gasteiger partial charge in [0.1, 0.15) is 11.1 Å². The fourth-order valence-electron chi connectivity index (χ4n) is 2.58. The SMILES string of the molecule is COc1ccccc1CNC(=O)CCn1cnc2c(cnn2C)c1=O. The first-order valence-corrected chi connectivity index (χ1v) is 7.86. The molecule has 1 aromatic carbocycles. The number of nitrogens with one attached hydrogen (secondary N) is 1. The number of aryl methyl sites for hydroxylation is 2. The number of hydrogen-bond donors (Lipinski definition) is 1. The number of ether oxygens (including phenoxy) is 1. The minimum atomic E-state index is -0.198. The Morgan fingerprint density at radius 2 is 2.12 bits per heavy atom. The molecule has 1 amide bonds. The number of rotatable bonds is 6. The van der Waals surface area contributed by atoms with Gasteiger partial charge in [-0.3, -0.25) is 18.8 Å². The van der Waals surface area contributed by atoms with E-state index in [1.54, 1.807) is 18.8 Å². The second kappa shape index (κ2) is 7.16. The van der Waals surface area contributed by atoms with Crippen LogP contribution in [-0.4, -0.2) is 32.3 Å². The van der Waals surface area contributed by atoms with Crippen molar-refractivity contribution in [3.8, 4) is 5.75 Å². The molecule has 0 aliphatic carbocycles. The summed E-state index contributed by atoms with van der Waals surface area (Å²) in [6, 6.07) is 7.50. The van der Waals surface area contributed by atoms with Crippen molar-refractivity contribution >= 4 is 16.9 Å². The van der Waals surface area contributed by atoms with Crippen molar-refractivity contribution in [2.75, 3.05) is 7.11 Å². The van der Waals surface area contributed by atoms with Gasteiger partial charge in [0.05, 0.1) is 19.6 Å².